The van der Waals surface area contributed by atoms with Crippen LogP contribution < -0.4 is 10.9 Å². The molecule has 5 rings (SSSR count). The highest BCUT2D eigenvalue weighted by Crippen LogP contribution is 2.63. The number of H-pyrrole nitrogens is 1. The van der Waals surface area contributed by atoms with Gasteiger partial charge in [-0.05, 0) is 49.9 Å². The molecule has 3 atom stereocenters. The van der Waals surface area contributed by atoms with Gasteiger partial charge in [0.25, 0.3) is 5.56 Å². The number of anilines is 2. The number of rotatable bonds is 5. The number of nitrogens with one attached hydrogen (secondary N) is 2. The Labute approximate surface area is 179 Å². The van der Waals surface area contributed by atoms with Crippen LogP contribution in [0.25, 0.3) is 10.9 Å². The number of fused-ring (bicyclic) bond motifs is 2. The fraction of sp³-hybridized carbons (Fsp3) is 0.381. The van der Waals surface area contributed by atoms with Crippen LogP contribution >= 0.6 is 10.6 Å². The van der Waals surface area contributed by atoms with Gasteiger partial charge in [0.15, 0.2) is 5.82 Å². The number of hydrogen-bond donors (Lipinski definition) is 5. The summed E-state index contributed by atoms with van der Waals surface area (Å²) >= 11 is 0. The summed E-state index contributed by atoms with van der Waals surface area (Å²) < 4.78 is 22.5. The molecule has 0 saturated heterocycles. The van der Waals surface area contributed by atoms with Crippen molar-refractivity contribution in [2.75, 3.05) is 5.32 Å². The Kier molecular flexibility index (Phi) is 4.60. The second kappa shape index (κ2) is 7.10. The SMILES string of the molecule is C[C@@H]1[C@@H](O)c2cc(Nc3nn(C(CC#N)C4CC4)c4cc[nH]c(=O)c34)ccc2S1(O)O. The van der Waals surface area contributed by atoms with Crippen LogP contribution in [0, 0.1) is 17.2 Å². The summed E-state index contributed by atoms with van der Waals surface area (Å²) in [6.45, 7) is 1.61. The molecule has 2 aliphatic rings. The number of aliphatic hydroxyl groups excluding tert-OH is 1. The molecular weight excluding hydrogens is 418 g/mol. The summed E-state index contributed by atoms with van der Waals surface area (Å²) in [6.07, 6.45) is 2.96. The molecule has 0 spiro atoms. The lowest BCUT2D eigenvalue weighted by molar-refractivity contribution is 0.177. The number of hydrogen-bond acceptors (Lipinski definition) is 7. The fourth-order valence-electron chi connectivity index (χ4n) is 4.37. The Bertz CT molecular complexity index is 1270. The predicted molar refractivity (Wildman–Crippen MR) is 118 cm³/mol. The molecule has 0 radical (unpaired) electrons. The Hall–Kier alpha value is -2.84. The monoisotopic (exact) mass is 441 g/mol. The summed E-state index contributed by atoms with van der Waals surface area (Å²) in [4.78, 5) is 15.6. The molecule has 1 unspecified atom stereocenters. The van der Waals surface area contributed by atoms with Crippen LogP contribution in [-0.4, -0.2) is 34.2 Å². The maximum absolute atomic E-state index is 12.6. The summed E-state index contributed by atoms with van der Waals surface area (Å²) in [7, 11) is -3.06. The molecule has 1 aromatic carbocycles. The van der Waals surface area contributed by atoms with Crippen molar-refractivity contribution in [1.29, 1.82) is 5.26 Å². The van der Waals surface area contributed by atoms with E-state index < -0.39 is 21.9 Å². The van der Waals surface area contributed by atoms with Crippen molar-refractivity contribution in [3.8, 4) is 6.07 Å². The highest BCUT2D eigenvalue weighted by Gasteiger charge is 2.41. The number of benzene rings is 1. The lowest BCUT2D eigenvalue weighted by Crippen LogP contribution is -2.13. The smallest absolute Gasteiger partial charge is 0.261 e. The molecular formula is C21H23N5O4S. The Morgan fingerprint density at radius 1 is 1.39 bits per heavy atom. The quantitative estimate of drug-likeness (QED) is 0.404. The third kappa shape index (κ3) is 3.13. The molecule has 31 heavy (non-hydrogen) atoms. The van der Waals surface area contributed by atoms with E-state index in [-0.39, 0.29) is 11.6 Å². The second-order valence-corrected chi connectivity index (χ2v) is 10.6. The summed E-state index contributed by atoms with van der Waals surface area (Å²) in [5, 5.41) is 27.3. The molecule has 9 nitrogen and oxygen atoms in total. The molecule has 1 saturated carbocycles. The first-order chi connectivity index (χ1) is 14.8. The van der Waals surface area contributed by atoms with Crippen molar-refractivity contribution in [1.82, 2.24) is 14.8 Å². The van der Waals surface area contributed by atoms with Crippen LogP contribution in [0.4, 0.5) is 11.5 Å². The number of aromatic nitrogens is 3. The van der Waals surface area contributed by atoms with Crippen molar-refractivity contribution in [2.45, 2.75) is 48.5 Å². The molecule has 3 aromatic rings. The van der Waals surface area contributed by atoms with Gasteiger partial charge in [-0.2, -0.15) is 21.0 Å². The van der Waals surface area contributed by atoms with Gasteiger partial charge in [-0.25, -0.2) is 0 Å². The first-order valence-corrected chi connectivity index (χ1v) is 11.8. The molecule has 0 amide bonds. The average molecular weight is 442 g/mol. The van der Waals surface area contributed by atoms with Crippen LogP contribution in [0.5, 0.6) is 0 Å². The molecule has 1 fully saturated rings. The number of aliphatic hydroxyl groups is 1. The van der Waals surface area contributed by atoms with E-state index in [0.717, 1.165) is 12.8 Å². The Morgan fingerprint density at radius 3 is 2.87 bits per heavy atom. The first kappa shape index (κ1) is 20.1. The van der Waals surface area contributed by atoms with Crippen molar-refractivity contribution < 1.29 is 14.2 Å². The Morgan fingerprint density at radius 2 is 2.16 bits per heavy atom. The van der Waals surface area contributed by atoms with Crippen molar-refractivity contribution in [3.05, 3.63) is 46.4 Å². The molecule has 2 aromatic heterocycles. The number of nitriles is 1. The van der Waals surface area contributed by atoms with Crippen LogP contribution in [0.3, 0.4) is 0 Å². The predicted octanol–water partition coefficient (Wildman–Crippen LogP) is 3.88. The van der Waals surface area contributed by atoms with Gasteiger partial charge in [0.05, 0.1) is 34.2 Å². The highest BCUT2D eigenvalue weighted by molar-refractivity contribution is 8.25. The van der Waals surface area contributed by atoms with Crippen LogP contribution in [0.2, 0.25) is 0 Å². The topological polar surface area (TPSA) is 147 Å². The van der Waals surface area contributed by atoms with E-state index in [1.165, 1.54) is 0 Å². The number of aromatic amines is 1. The zero-order valence-electron chi connectivity index (χ0n) is 16.8. The number of nitrogens with zero attached hydrogens (tertiary/aromatic N) is 3. The molecule has 5 N–H and O–H groups in total. The zero-order chi connectivity index (χ0) is 21.9. The first-order valence-electron chi connectivity index (χ1n) is 10.2. The standard InChI is InChI=1S/C21H23N5O4S/c1-11-19(27)14-10-13(4-5-17(14)31(11,29)30)24-20-18-16(7-9-23-21(18)28)26(25-20)15(6-8-22)12-2-3-12/h4-5,7,9-12,15,19,27,29-30H,2-3,6H2,1H3,(H,23,28)(H,24,25)/t11-,15?,19-/m1/s1. The van der Waals surface area contributed by atoms with Gasteiger partial charge in [-0.15, -0.1) is 0 Å². The Balaban J connectivity index is 1.58. The lowest BCUT2D eigenvalue weighted by Gasteiger charge is -2.33. The largest absolute Gasteiger partial charge is 0.386 e. The van der Waals surface area contributed by atoms with Gasteiger partial charge < -0.3 is 15.4 Å². The van der Waals surface area contributed by atoms with E-state index >= 15 is 0 Å². The van der Waals surface area contributed by atoms with E-state index in [2.05, 4.69) is 21.5 Å². The zero-order valence-corrected chi connectivity index (χ0v) is 17.6. The highest BCUT2D eigenvalue weighted by atomic mass is 32.3. The minimum Gasteiger partial charge on any atom is -0.386 e. The van der Waals surface area contributed by atoms with Crippen LogP contribution in [0.15, 0.2) is 40.2 Å². The van der Waals surface area contributed by atoms with Gasteiger partial charge in [0.1, 0.15) is 11.5 Å². The summed E-state index contributed by atoms with van der Waals surface area (Å²) in [5.74, 6) is 0.726. The van der Waals surface area contributed by atoms with E-state index in [1.807, 2.05) is 0 Å². The van der Waals surface area contributed by atoms with Crippen LogP contribution in [0.1, 0.15) is 43.9 Å². The normalized spacial score (nSPS) is 23.8. The molecule has 10 heteroatoms. The van der Waals surface area contributed by atoms with Gasteiger partial charge in [0, 0.05) is 17.4 Å². The maximum Gasteiger partial charge on any atom is 0.261 e. The third-order valence-corrected chi connectivity index (χ3v) is 8.60. The van der Waals surface area contributed by atoms with Gasteiger partial charge in [-0.1, -0.05) is 0 Å². The summed E-state index contributed by atoms with van der Waals surface area (Å²) in [6, 6.07) is 8.84. The third-order valence-electron chi connectivity index (χ3n) is 6.29. The fourth-order valence-corrected chi connectivity index (χ4v) is 6.07. The summed E-state index contributed by atoms with van der Waals surface area (Å²) in [5.41, 5.74) is 1.39. The van der Waals surface area contributed by atoms with E-state index in [1.54, 1.807) is 42.1 Å². The molecule has 0 bridgehead atoms. The lowest BCUT2D eigenvalue weighted by atomic mass is 10.1. The van der Waals surface area contributed by atoms with E-state index in [4.69, 9.17) is 0 Å². The van der Waals surface area contributed by atoms with Gasteiger partial charge in [-0.3, -0.25) is 18.6 Å². The second-order valence-electron chi connectivity index (χ2n) is 8.25. The maximum atomic E-state index is 12.6. The van der Waals surface area contributed by atoms with Gasteiger partial charge >= 0.3 is 0 Å². The molecule has 1 aliphatic heterocycles. The molecule has 1 aliphatic carbocycles. The molecule has 162 valence electrons. The molecule has 3 heterocycles. The van der Waals surface area contributed by atoms with Crippen molar-refractivity contribution in [3.63, 3.8) is 0 Å². The van der Waals surface area contributed by atoms with Crippen LogP contribution in [-0.2, 0) is 0 Å². The van der Waals surface area contributed by atoms with E-state index in [9.17, 15) is 24.3 Å². The van der Waals surface area contributed by atoms with Gasteiger partial charge in [0.2, 0.25) is 0 Å². The van der Waals surface area contributed by atoms with Crippen molar-refractivity contribution >= 4 is 33.0 Å². The number of pyridine rings is 1. The van der Waals surface area contributed by atoms with Crippen molar-refractivity contribution in [2.24, 2.45) is 5.92 Å². The average Bonchev–Trinajstić information content (AvgIpc) is 3.50. The van der Waals surface area contributed by atoms with E-state index in [0.29, 0.717) is 45.2 Å². The minimum absolute atomic E-state index is 0.0967. The minimum atomic E-state index is -3.06.